The number of amides is 2. The predicted octanol–water partition coefficient (Wildman–Crippen LogP) is 3.63. The van der Waals surface area contributed by atoms with Gasteiger partial charge in [-0.2, -0.15) is 5.10 Å². The molecule has 2 atom stereocenters. The summed E-state index contributed by atoms with van der Waals surface area (Å²) < 4.78 is 29.9. The van der Waals surface area contributed by atoms with Crippen LogP contribution in [0.3, 0.4) is 0 Å². The zero-order valence-corrected chi connectivity index (χ0v) is 23.7. The van der Waals surface area contributed by atoms with Gasteiger partial charge >= 0.3 is 0 Å². The number of nitrogens with zero attached hydrogens (tertiary/aromatic N) is 3. The highest BCUT2D eigenvalue weighted by atomic mass is 35.5. The summed E-state index contributed by atoms with van der Waals surface area (Å²) in [5.74, 6) is 0.661. The van der Waals surface area contributed by atoms with Gasteiger partial charge in [-0.1, -0.05) is 17.7 Å². The van der Waals surface area contributed by atoms with E-state index in [1.165, 1.54) is 18.1 Å². The number of rotatable bonds is 10. The van der Waals surface area contributed by atoms with Crippen LogP contribution in [0.25, 0.3) is 0 Å². The average molecular weight is 575 g/mol. The number of benzene rings is 1. The van der Waals surface area contributed by atoms with Crippen molar-refractivity contribution in [3.63, 3.8) is 0 Å². The molecule has 2 aromatic rings. The van der Waals surface area contributed by atoms with Crippen LogP contribution < -0.4 is 14.8 Å². The number of hydrogen-bond acceptors (Lipinski definition) is 8. The van der Waals surface area contributed by atoms with Crippen LogP contribution in [0.4, 0.5) is 5.82 Å². The Morgan fingerprint density at radius 2 is 2.02 bits per heavy atom. The number of anilines is 1. The molecule has 1 unspecified atom stereocenters. The van der Waals surface area contributed by atoms with Crippen molar-refractivity contribution in [2.75, 3.05) is 38.8 Å². The Kier molecular flexibility index (Phi) is 8.65. The van der Waals surface area contributed by atoms with Crippen molar-refractivity contribution in [2.24, 2.45) is 5.92 Å². The number of methoxy groups -OCH3 is 1. The monoisotopic (exact) mass is 574 g/mol. The van der Waals surface area contributed by atoms with Gasteiger partial charge in [0.15, 0.2) is 11.6 Å². The average Bonchev–Trinajstić information content (AvgIpc) is 3.62. The number of carbonyl (C=O) groups is 2. The van der Waals surface area contributed by atoms with E-state index in [4.69, 9.17) is 35.3 Å². The molecule has 216 valence electrons. The fraction of sp³-hybridized carbons (Fsp3) is 0.536. The topological polar surface area (TPSA) is 113 Å². The van der Waals surface area contributed by atoms with Crippen LogP contribution in [-0.2, 0) is 30.3 Å². The van der Waals surface area contributed by atoms with E-state index in [-0.39, 0.29) is 30.4 Å². The molecule has 2 saturated heterocycles. The van der Waals surface area contributed by atoms with E-state index in [0.29, 0.717) is 60.9 Å². The van der Waals surface area contributed by atoms with E-state index in [2.05, 4.69) is 10.4 Å². The van der Waals surface area contributed by atoms with Gasteiger partial charge in [0.25, 0.3) is 5.91 Å². The number of halogens is 1. The Morgan fingerprint density at radius 1 is 1.25 bits per heavy atom. The van der Waals surface area contributed by atoms with Crippen molar-refractivity contribution in [2.45, 2.75) is 57.6 Å². The molecular weight excluding hydrogens is 540 g/mol. The zero-order valence-electron chi connectivity index (χ0n) is 22.9. The van der Waals surface area contributed by atoms with E-state index in [0.717, 1.165) is 12.8 Å². The minimum atomic E-state index is -0.716. The molecule has 5 rings (SSSR count). The molecule has 0 aliphatic carbocycles. The third-order valence-electron chi connectivity index (χ3n) is 7.21. The normalized spacial score (nSPS) is 21.8. The number of aromatic nitrogens is 2. The maximum atomic E-state index is 13.6. The summed E-state index contributed by atoms with van der Waals surface area (Å²) in [5.41, 5.74) is 0. The van der Waals surface area contributed by atoms with E-state index < -0.39 is 11.8 Å². The molecule has 2 amide bonds. The summed E-state index contributed by atoms with van der Waals surface area (Å²) in [4.78, 5) is 28.3. The van der Waals surface area contributed by atoms with Gasteiger partial charge in [-0.15, -0.1) is 0 Å². The first-order valence-electron chi connectivity index (χ1n) is 13.5. The summed E-state index contributed by atoms with van der Waals surface area (Å²) in [6.07, 6.45) is 5.21. The molecule has 0 bridgehead atoms. The SMILES string of the molecule is COc1cccc(OC2=CC(=O)N(C(CC3CCOCC3)C(=O)Nc3ccn(C[C@@H]4COC(C)(C)O4)n3)C2)c1Cl. The van der Waals surface area contributed by atoms with Gasteiger partial charge < -0.3 is 33.9 Å². The fourth-order valence-corrected chi connectivity index (χ4v) is 5.42. The second-order valence-electron chi connectivity index (χ2n) is 10.6. The minimum Gasteiger partial charge on any atom is -0.495 e. The van der Waals surface area contributed by atoms with Gasteiger partial charge in [-0.05, 0) is 51.2 Å². The van der Waals surface area contributed by atoms with Crippen LogP contribution in [0.15, 0.2) is 42.3 Å². The highest BCUT2D eigenvalue weighted by Gasteiger charge is 2.37. The summed E-state index contributed by atoms with van der Waals surface area (Å²) in [7, 11) is 1.52. The van der Waals surface area contributed by atoms with Gasteiger partial charge in [-0.25, -0.2) is 0 Å². The van der Waals surface area contributed by atoms with Crippen molar-refractivity contribution in [1.29, 1.82) is 0 Å². The molecule has 3 aliphatic heterocycles. The number of carbonyl (C=O) groups excluding carboxylic acids is 2. The lowest BCUT2D eigenvalue weighted by Crippen LogP contribution is -2.47. The molecule has 0 saturated carbocycles. The van der Waals surface area contributed by atoms with Gasteiger partial charge in [0.2, 0.25) is 5.91 Å². The van der Waals surface area contributed by atoms with Gasteiger partial charge in [0, 0.05) is 31.6 Å². The van der Waals surface area contributed by atoms with Crippen LogP contribution >= 0.6 is 11.6 Å². The maximum absolute atomic E-state index is 13.6. The molecule has 11 nitrogen and oxygen atoms in total. The van der Waals surface area contributed by atoms with Gasteiger partial charge in [0.05, 0.1) is 26.8 Å². The summed E-state index contributed by atoms with van der Waals surface area (Å²) in [6, 6.07) is 6.19. The third-order valence-corrected chi connectivity index (χ3v) is 7.58. The first kappa shape index (κ1) is 28.4. The van der Waals surface area contributed by atoms with Crippen molar-refractivity contribution in [1.82, 2.24) is 14.7 Å². The lowest BCUT2D eigenvalue weighted by atomic mass is 9.91. The first-order valence-corrected chi connectivity index (χ1v) is 13.8. The van der Waals surface area contributed by atoms with Crippen molar-refractivity contribution in [3.8, 4) is 11.5 Å². The number of hydrogen-bond donors (Lipinski definition) is 1. The standard InChI is InChI=1S/C28H35ClN4O7/c1-28(2)38-17-20(40-28)15-32-10-7-24(31-32)30-27(35)21(13-18-8-11-37-12-9-18)33-16-19(14-25(33)34)39-23-6-4-5-22(36-3)26(23)29/h4-7,10,14,18,20-21H,8-9,11-13,15-17H2,1-3H3,(H,30,31,35)/t20-,21?/m1/s1. The molecule has 3 aliphatic rings. The lowest BCUT2D eigenvalue weighted by Gasteiger charge is -2.31. The molecule has 2 fully saturated rings. The van der Waals surface area contributed by atoms with E-state index in [9.17, 15) is 9.59 Å². The summed E-state index contributed by atoms with van der Waals surface area (Å²) >= 11 is 6.39. The van der Waals surface area contributed by atoms with Crippen LogP contribution in [0.2, 0.25) is 5.02 Å². The largest absolute Gasteiger partial charge is 0.495 e. The second-order valence-corrected chi connectivity index (χ2v) is 11.0. The molecule has 12 heteroatoms. The summed E-state index contributed by atoms with van der Waals surface area (Å²) in [6.45, 7) is 6.12. The molecule has 0 spiro atoms. The Labute approximate surface area is 238 Å². The molecule has 1 N–H and O–H groups in total. The first-order chi connectivity index (χ1) is 19.2. The molecule has 1 aromatic heterocycles. The van der Waals surface area contributed by atoms with Crippen LogP contribution in [-0.4, -0.2) is 77.9 Å². The lowest BCUT2D eigenvalue weighted by molar-refractivity contribution is -0.139. The molecule has 40 heavy (non-hydrogen) atoms. The fourth-order valence-electron chi connectivity index (χ4n) is 5.18. The maximum Gasteiger partial charge on any atom is 0.251 e. The van der Waals surface area contributed by atoms with Crippen molar-refractivity contribution in [3.05, 3.63) is 47.3 Å². The quantitative estimate of drug-likeness (QED) is 0.458. The highest BCUT2D eigenvalue weighted by Crippen LogP contribution is 2.35. The van der Waals surface area contributed by atoms with E-state index >= 15 is 0 Å². The van der Waals surface area contributed by atoms with E-state index in [1.54, 1.807) is 35.1 Å². The van der Waals surface area contributed by atoms with Gasteiger partial charge in [0.1, 0.15) is 34.4 Å². The molecule has 1 aromatic carbocycles. The summed E-state index contributed by atoms with van der Waals surface area (Å²) in [5, 5.41) is 7.71. The third kappa shape index (κ3) is 6.77. The van der Waals surface area contributed by atoms with Crippen molar-refractivity contribution < 1.29 is 33.3 Å². The Morgan fingerprint density at radius 3 is 2.75 bits per heavy atom. The van der Waals surface area contributed by atoms with Crippen LogP contribution in [0, 0.1) is 5.92 Å². The second kappa shape index (κ2) is 12.2. The van der Waals surface area contributed by atoms with E-state index in [1.807, 2.05) is 13.8 Å². The predicted molar refractivity (Wildman–Crippen MR) is 146 cm³/mol. The smallest absolute Gasteiger partial charge is 0.251 e. The highest BCUT2D eigenvalue weighted by molar-refractivity contribution is 6.33. The molecule has 4 heterocycles. The Balaban J connectivity index is 1.27. The van der Waals surface area contributed by atoms with Crippen molar-refractivity contribution >= 4 is 29.2 Å². The van der Waals surface area contributed by atoms with Crippen LogP contribution in [0.1, 0.15) is 33.1 Å². The molecule has 0 radical (unpaired) electrons. The Bertz CT molecular complexity index is 1260. The van der Waals surface area contributed by atoms with Crippen LogP contribution in [0.5, 0.6) is 11.5 Å². The number of ether oxygens (including phenoxy) is 5. The molecular formula is C28H35ClN4O7. The zero-order chi connectivity index (χ0) is 28.3. The number of nitrogens with one attached hydrogen (secondary N) is 1. The minimum absolute atomic E-state index is 0.135. The van der Waals surface area contributed by atoms with Gasteiger partial charge in [-0.3, -0.25) is 14.3 Å². The Hall–Kier alpha value is -3.12.